The van der Waals surface area contributed by atoms with Gasteiger partial charge in [-0.1, -0.05) is 24.3 Å². The van der Waals surface area contributed by atoms with Crippen LogP contribution in [0.2, 0.25) is 0 Å². The largest absolute Gasteiger partial charge is 0.437 e. The number of furan rings is 1. The Morgan fingerprint density at radius 3 is 2.54 bits per heavy atom. The van der Waals surface area contributed by atoms with Gasteiger partial charge in [0, 0.05) is 57.8 Å². The summed E-state index contributed by atoms with van der Waals surface area (Å²) in [7, 11) is 0. The van der Waals surface area contributed by atoms with Crippen LogP contribution < -0.4 is 0 Å². The van der Waals surface area contributed by atoms with E-state index in [1.165, 1.54) is 11.6 Å². The number of aryl methyl sites for hydroxylation is 2. The predicted octanol–water partition coefficient (Wildman–Crippen LogP) is 8.42. The third-order valence-corrected chi connectivity index (χ3v) is 6.93. The van der Waals surface area contributed by atoms with Crippen molar-refractivity contribution in [2.24, 2.45) is 0 Å². The molecule has 0 saturated carbocycles. The van der Waals surface area contributed by atoms with Gasteiger partial charge in [0.2, 0.25) is 5.71 Å². The normalized spacial score (nSPS) is 12.3. The molecule has 4 nitrogen and oxygen atoms in total. The van der Waals surface area contributed by atoms with Gasteiger partial charge in [0.1, 0.15) is 10.4 Å². The van der Waals surface area contributed by atoms with E-state index >= 15 is 0 Å². The van der Waals surface area contributed by atoms with Gasteiger partial charge < -0.3 is 9.40 Å². The van der Waals surface area contributed by atoms with E-state index in [0.717, 1.165) is 43.5 Å². The van der Waals surface area contributed by atoms with Crippen molar-refractivity contribution in [3.8, 4) is 22.5 Å². The van der Waals surface area contributed by atoms with Crippen LogP contribution in [0.5, 0.6) is 0 Å². The van der Waals surface area contributed by atoms with Crippen molar-refractivity contribution in [3.63, 3.8) is 0 Å². The second kappa shape index (κ2) is 10.7. The zero-order valence-electron chi connectivity index (χ0n) is 22.7. The number of aromatic nitrogens is 3. The van der Waals surface area contributed by atoms with E-state index in [4.69, 9.17) is 13.5 Å². The molecule has 7 aromatic rings. The summed E-state index contributed by atoms with van der Waals surface area (Å²) in [5.74, 6) is 0. The van der Waals surface area contributed by atoms with E-state index in [2.05, 4.69) is 34.4 Å². The first-order chi connectivity index (χ1) is 18.9. The van der Waals surface area contributed by atoms with Gasteiger partial charge in [-0.05, 0) is 66.8 Å². The smallest absolute Gasteiger partial charge is 0.227 e. The molecule has 1 radical (unpaired) electrons. The van der Waals surface area contributed by atoms with Gasteiger partial charge in [0.25, 0.3) is 0 Å². The molecule has 0 bridgehead atoms. The minimum Gasteiger partial charge on any atom is -0.437 e. The maximum absolute atomic E-state index is 7.56. The molecule has 37 heavy (non-hydrogen) atoms. The number of hydrogen-bond acceptors (Lipinski definition) is 5. The zero-order valence-corrected chi connectivity index (χ0v) is 22.9. The Labute approximate surface area is 236 Å². The second-order valence-corrected chi connectivity index (χ2v) is 9.15. The Bertz CT molecular complexity index is 1880. The van der Waals surface area contributed by atoms with Crippen LogP contribution in [0.25, 0.3) is 54.8 Å². The number of thiophene rings is 1. The van der Waals surface area contributed by atoms with E-state index in [1.54, 1.807) is 23.6 Å². The van der Waals surface area contributed by atoms with Crippen molar-refractivity contribution in [2.45, 2.75) is 13.8 Å². The molecular weight excluding hydrogens is 655 g/mol. The molecule has 0 saturated heterocycles. The van der Waals surface area contributed by atoms with Gasteiger partial charge in [-0.25, -0.2) is 9.97 Å². The van der Waals surface area contributed by atoms with Gasteiger partial charge in [0.15, 0.2) is 0 Å². The van der Waals surface area contributed by atoms with Crippen molar-refractivity contribution in [3.05, 3.63) is 114 Å². The molecule has 0 spiro atoms. The topological polar surface area (TPSA) is 51.8 Å². The minimum atomic E-state index is -2.26. The molecule has 0 aliphatic heterocycles. The molecular formula is C31H22IrN3OS-. The first-order valence-corrected chi connectivity index (χ1v) is 12.3. The summed E-state index contributed by atoms with van der Waals surface area (Å²) in [6, 6.07) is 30.1. The first-order valence-electron chi connectivity index (χ1n) is 12.9. The molecule has 6 heteroatoms. The molecule has 183 valence electrons. The summed E-state index contributed by atoms with van der Waals surface area (Å²) in [5.41, 5.74) is 5.96. The van der Waals surface area contributed by atoms with E-state index < -0.39 is 6.85 Å². The summed E-state index contributed by atoms with van der Waals surface area (Å²) in [4.78, 5) is 14.2. The Morgan fingerprint density at radius 2 is 1.73 bits per heavy atom. The van der Waals surface area contributed by atoms with Crippen molar-refractivity contribution in [1.29, 1.82) is 0 Å². The summed E-state index contributed by atoms with van der Waals surface area (Å²) in [6.07, 6.45) is 1.79. The Morgan fingerprint density at radius 1 is 0.838 bits per heavy atom. The molecule has 0 fully saturated rings. The zero-order chi connectivity index (χ0) is 27.0. The quantitative estimate of drug-likeness (QED) is 0.172. The van der Waals surface area contributed by atoms with Gasteiger partial charge >= 0.3 is 0 Å². The molecule has 5 heterocycles. The van der Waals surface area contributed by atoms with Crippen LogP contribution in [0.3, 0.4) is 0 Å². The number of pyridine rings is 3. The van der Waals surface area contributed by atoms with Crippen LogP contribution in [0, 0.1) is 19.8 Å². The van der Waals surface area contributed by atoms with E-state index in [-0.39, 0.29) is 25.8 Å². The fourth-order valence-electron chi connectivity index (χ4n) is 4.14. The van der Waals surface area contributed by atoms with Gasteiger partial charge in [-0.3, -0.25) is 0 Å². The molecule has 0 N–H and O–H groups in total. The number of rotatable bonds is 2. The van der Waals surface area contributed by atoms with Gasteiger partial charge in [0.05, 0.1) is 5.69 Å². The third-order valence-electron chi connectivity index (χ3n) is 5.92. The van der Waals surface area contributed by atoms with Crippen molar-refractivity contribution in [2.75, 3.05) is 0 Å². The standard InChI is InChI=1S/C20H14N2OS.C11H8N.Ir/c1-11-10-24-20-13(11)8-9-17(22-20)16-5-3-4-14-15-7-6-12(2)21-19(15)23-18(14)16;1-2-6-10(7-3-1)11-8-4-5-9-12-11;/h3-10H,1-2H3;1-6,8-9H;/q;-1;/i2D3;;. The SMILES string of the molecule is [2H]C([2H])([2H])c1ccc2c(n1)oc1c(-c3ccc4c(C)csc4n3)cccc12.[Ir].[c-]1ccccc1-c1ccccn1. The van der Waals surface area contributed by atoms with Crippen LogP contribution in [-0.2, 0) is 20.1 Å². The second-order valence-electron chi connectivity index (χ2n) is 8.29. The Hall–Kier alpha value is -3.70. The van der Waals surface area contributed by atoms with Crippen LogP contribution in [-0.4, -0.2) is 15.0 Å². The van der Waals surface area contributed by atoms with Crippen molar-refractivity contribution >= 4 is 43.6 Å². The fourth-order valence-corrected chi connectivity index (χ4v) is 5.07. The third kappa shape index (κ3) is 4.96. The molecule has 0 aliphatic carbocycles. The number of nitrogens with zero attached hydrogens (tertiary/aromatic N) is 3. The maximum atomic E-state index is 7.56. The van der Waals surface area contributed by atoms with Crippen LogP contribution in [0.15, 0.2) is 101 Å². The number of hydrogen-bond donors (Lipinski definition) is 0. The average molecular weight is 680 g/mol. The molecule has 0 unspecified atom stereocenters. The molecule has 2 aromatic carbocycles. The van der Waals surface area contributed by atoms with Crippen molar-refractivity contribution < 1.29 is 28.6 Å². The number of benzene rings is 2. The fraction of sp³-hybridized carbons (Fsp3) is 0.0645. The van der Waals surface area contributed by atoms with E-state index in [9.17, 15) is 0 Å². The van der Waals surface area contributed by atoms with E-state index in [0.29, 0.717) is 11.3 Å². The van der Waals surface area contributed by atoms with Gasteiger partial charge in [-0.2, -0.15) is 0 Å². The monoisotopic (exact) mass is 680 g/mol. The summed E-state index contributed by atoms with van der Waals surface area (Å²) >= 11 is 1.62. The van der Waals surface area contributed by atoms with Crippen molar-refractivity contribution in [1.82, 2.24) is 15.0 Å². The molecule has 5 aromatic heterocycles. The minimum absolute atomic E-state index is 0. The van der Waals surface area contributed by atoms with Crippen LogP contribution in [0.1, 0.15) is 15.4 Å². The number of para-hydroxylation sites is 1. The molecule has 0 amide bonds. The summed E-state index contributed by atoms with van der Waals surface area (Å²) in [6.45, 7) is -0.187. The average Bonchev–Trinajstić information content (AvgIpc) is 3.53. The maximum Gasteiger partial charge on any atom is 0.227 e. The Balaban J connectivity index is 0.000000209. The number of fused-ring (bicyclic) bond motifs is 4. The molecule has 0 aliphatic rings. The summed E-state index contributed by atoms with van der Waals surface area (Å²) in [5, 5.41) is 4.96. The van der Waals surface area contributed by atoms with Crippen LogP contribution in [0.4, 0.5) is 0 Å². The molecule has 7 rings (SSSR count). The first kappa shape index (κ1) is 21.4. The predicted molar refractivity (Wildman–Crippen MR) is 148 cm³/mol. The summed E-state index contributed by atoms with van der Waals surface area (Å²) < 4.78 is 28.7. The molecule has 0 atom stereocenters. The Kier molecular flexibility index (Phi) is 6.20. The van der Waals surface area contributed by atoms with Gasteiger partial charge in [-0.15, -0.1) is 47.2 Å². The van der Waals surface area contributed by atoms with E-state index in [1.807, 2.05) is 66.7 Å². The van der Waals surface area contributed by atoms with Crippen LogP contribution >= 0.6 is 11.3 Å².